The van der Waals surface area contributed by atoms with Gasteiger partial charge in [-0.05, 0) is 35.1 Å². The van der Waals surface area contributed by atoms with Gasteiger partial charge < -0.3 is 10.6 Å². The van der Waals surface area contributed by atoms with Crippen molar-refractivity contribution in [3.05, 3.63) is 101 Å². The smallest absolute Gasteiger partial charge is 0.313 e. The van der Waals surface area contributed by atoms with Crippen molar-refractivity contribution < 1.29 is 9.59 Å². The van der Waals surface area contributed by atoms with Crippen LogP contribution in [0.25, 0.3) is 0 Å². The number of benzene rings is 3. The van der Waals surface area contributed by atoms with Gasteiger partial charge in [-0.1, -0.05) is 92.7 Å². The molecule has 2 N–H and O–H groups in total. The highest BCUT2D eigenvalue weighted by atomic mass is 16.2. The van der Waals surface area contributed by atoms with Crippen molar-refractivity contribution in [1.29, 1.82) is 0 Å². The molecule has 2 amide bonds. The van der Waals surface area contributed by atoms with E-state index in [0.717, 1.165) is 40.8 Å². The molecule has 0 saturated heterocycles. The van der Waals surface area contributed by atoms with E-state index in [-0.39, 0.29) is 0 Å². The molecule has 0 bridgehead atoms. The predicted octanol–water partition coefficient (Wildman–Crippen LogP) is 4.66. The summed E-state index contributed by atoms with van der Waals surface area (Å²) < 4.78 is 0. The number of anilines is 1. The zero-order valence-corrected chi connectivity index (χ0v) is 16.8. The molecule has 0 saturated carbocycles. The fourth-order valence-electron chi connectivity index (χ4n) is 3.42. The van der Waals surface area contributed by atoms with Crippen LogP contribution in [0.15, 0.2) is 78.9 Å². The normalized spacial score (nSPS) is 10.6. The van der Waals surface area contributed by atoms with Crippen molar-refractivity contribution in [3.63, 3.8) is 0 Å². The summed E-state index contributed by atoms with van der Waals surface area (Å²) in [4.78, 5) is 25.5. The molecule has 3 aromatic carbocycles. The Balaban J connectivity index is 1.83. The molecule has 0 atom stereocenters. The van der Waals surface area contributed by atoms with Crippen LogP contribution >= 0.6 is 0 Å². The quantitative estimate of drug-likeness (QED) is 0.606. The Bertz CT molecular complexity index is 907. The van der Waals surface area contributed by atoms with Gasteiger partial charge in [-0.25, -0.2) is 0 Å². The van der Waals surface area contributed by atoms with E-state index >= 15 is 0 Å². The number of carbonyl (C=O) groups excluding carboxylic acids is 2. The molecule has 4 heteroatoms. The van der Waals surface area contributed by atoms with Gasteiger partial charge in [0.1, 0.15) is 0 Å². The molecule has 0 aliphatic heterocycles. The summed E-state index contributed by atoms with van der Waals surface area (Å²) in [6, 6.07) is 24.8. The van der Waals surface area contributed by atoms with Gasteiger partial charge in [0.05, 0.1) is 6.04 Å². The minimum Gasteiger partial charge on any atom is -0.337 e. The van der Waals surface area contributed by atoms with Gasteiger partial charge in [-0.3, -0.25) is 9.59 Å². The van der Waals surface area contributed by atoms with Gasteiger partial charge in [0.15, 0.2) is 0 Å². The van der Waals surface area contributed by atoms with Crippen LogP contribution < -0.4 is 10.6 Å². The average molecular weight is 386 g/mol. The summed E-state index contributed by atoms with van der Waals surface area (Å²) >= 11 is 0. The number of hydrogen-bond donors (Lipinski definition) is 2. The Kier molecular flexibility index (Phi) is 6.80. The maximum Gasteiger partial charge on any atom is 0.313 e. The first-order valence-electron chi connectivity index (χ1n) is 9.96. The van der Waals surface area contributed by atoms with Gasteiger partial charge in [0, 0.05) is 5.69 Å². The fraction of sp³-hybridized carbons (Fsp3) is 0.200. The third-order valence-corrected chi connectivity index (χ3v) is 4.98. The van der Waals surface area contributed by atoms with Crippen LogP contribution in [-0.2, 0) is 22.4 Å². The minimum absolute atomic E-state index is 0.400. The Labute approximate surface area is 172 Å². The first kappa shape index (κ1) is 20.3. The van der Waals surface area contributed by atoms with E-state index in [0.29, 0.717) is 0 Å². The number of hydrogen-bond acceptors (Lipinski definition) is 2. The number of rotatable bonds is 6. The number of carbonyl (C=O) groups is 2. The maximum atomic E-state index is 12.8. The summed E-state index contributed by atoms with van der Waals surface area (Å²) in [5.74, 6) is -1.31. The molecule has 0 heterocycles. The van der Waals surface area contributed by atoms with E-state index in [1.165, 1.54) is 0 Å². The molecular weight excluding hydrogens is 360 g/mol. The minimum atomic E-state index is -0.657. The zero-order chi connectivity index (χ0) is 20.6. The van der Waals surface area contributed by atoms with E-state index in [9.17, 15) is 9.59 Å². The molecule has 3 rings (SSSR count). The third-order valence-electron chi connectivity index (χ3n) is 4.98. The molecule has 0 aliphatic rings. The van der Waals surface area contributed by atoms with E-state index in [1.807, 2.05) is 92.7 Å². The fourth-order valence-corrected chi connectivity index (χ4v) is 3.42. The van der Waals surface area contributed by atoms with Crippen molar-refractivity contribution >= 4 is 17.5 Å². The average Bonchev–Trinajstić information content (AvgIpc) is 2.78. The highest BCUT2D eigenvalue weighted by molar-refractivity contribution is 6.39. The summed E-state index contributed by atoms with van der Waals surface area (Å²) in [7, 11) is 0. The molecular formula is C25H26N2O2. The predicted molar refractivity (Wildman–Crippen MR) is 117 cm³/mol. The van der Waals surface area contributed by atoms with Crippen LogP contribution in [0.4, 0.5) is 5.69 Å². The molecule has 0 aromatic heterocycles. The first-order valence-corrected chi connectivity index (χ1v) is 9.96. The first-order chi connectivity index (χ1) is 14.1. The van der Waals surface area contributed by atoms with Crippen molar-refractivity contribution in [2.24, 2.45) is 0 Å². The standard InChI is InChI=1S/C25H26N2O2/c1-3-18-16-11-17-19(4-2)22(18)26-24(28)25(29)27-23(20-12-7-5-8-13-20)21-14-9-6-10-15-21/h5-17,23H,3-4H2,1-2H3,(H,26,28)(H,27,29). The van der Waals surface area contributed by atoms with Gasteiger partial charge in [-0.2, -0.15) is 0 Å². The summed E-state index contributed by atoms with van der Waals surface area (Å²) in [6.07, 6.45) is 1.56. The van der Waals surface area contributed by atoms with E-state index < -0.39 is 17.9 Å². The molecule has 29 heavy (non-hydrogen) atoms. The monoisotopic (exact) mass is 386 g/mol. The van der Waals surface area contributed by atoms with Crippen LogP contribution in [0.3, 0.4) is 0 Å². The summed E-state index contributed by atoms with van der Waals surface area (Å²) in [5, 5.41) is 5.73. The topological polar surface area (TPSA) is 58.2 Å². The highest BCUT2D eigenvalue weighted by Gasteiger charge is 2.22. The Morgan fingerprint density at radius 3 is 1.62 bits per heavy atom. The van der Waals surface area contributed by atoms with Gasteiger partial charge in [-0.15, -0.1) is 0 Å². The summed E-state index contributed by atoms with van der Waals surface area (Å²) in [5.41, 5.74) is 4.63. The van der Waals surface area contributed by atoms with Crippen molar-refractivity contribution in [2.45, 2.75) is 32.7 Å². The van der Waals surface area contributed by atoms with Crippen LogP contribution in [0, 0.1) is 0 Å². The Morgan fingerprint density at radius 1 is 0.690 bits per heavy atom. The second-order valence-corrected chi connectivity index (χ2v) is 6.84. The van der Waals surface area contributed by atoms with Gasteiger partial charge in [0.2, 0.25) is 0 Å². The van der Waals surface area contributed by atoms with E-state index in [4.69, 9.17) is 0 Å². The van der Waals surface area contributed by atoms with Crippen molar-refractivity contribution in [3.8, 4) is 0 Å². The lowest BCUT2D eigenvalue weighted by Gasteiger charge is -2.20. The van der Waals surface area contributed by atoms with Crippen molar-refractivity contribution in [1.82, 2.24) is 5.32 Å². The third kappa shape index (κ3) is 4.91. The largest absolute Gasteiger partial charge is 0.337 e. The van der Waals surface area contributed by atoms with Gasteiger partial charge in [0.25, 0.3) is 0 Å². The SMILES string of the molecule is CCc1cccc(CC)c1NC(=O)C(=O)NC(c1ccccc1)c1ccccc1. The van der Waals surface area contributed by atoms with Crippen LogP contribution in [0.2, 0.25) is 0 Å². The highest BCUT2D eigenvalue weighted by Crippen LogP contribution is 2.24. The zero-order valence-electron chi connectivity index (χ0n) is 16.8. The number of nitrogens with one attached hydrogen (secondary N) is 2. The van der Waals surface area contributed by atoms with Gasteiger partial charge >= 0.3 is 11.8 Å². The molecule has 0 unspecified atom stereocenters. The molecule has 0 spiro atoms. The number of amides is 2. The lowest BCUT2D eigenvalue weighted by molar-refractivity contribution is -0.136. The lowest BCUT2D eigenvalue weighted by Crippen LogP contribution is -2.38. The summed E-state index contributed by atoms with van der Waals surface area (Å²) in [6.45, 7) is 4.07. The molecule has 0 aliphatic carbocycles. The van der Waals surface area contributed by atoms with E-state index in [1.54, 1.807) is 0 Å². The molecule has 3 aromatic rings. The molecule has 148 valence electrons. The second-order valence-electron chi connectivity index (χ2n) is 6.84. The lowest BCUT2D eigenvalue weighted by atomic mass is 9.98. The Hall–Kier alpha value is -3.40. The second kappa shape index (κ2) is 9.69. The maximum absolute atomic E-state index is 12.8. The molecule has 0 fully saturated rings. The van der Waals surface area contributed by atoms with Crippen LogP contribution in [0.5, 0.6) is 0 Å². The molecule has 4 nitrogen and oxygen atoms in total. The Morgan fingerprint density at radius 2 is 1.17 bits per heavy atom. The van der Waals surface area contributed by atoms with Crippen LogP contribution in [-0.4, -0.2) is 11.8 Å². The number of para-hydroxylation sites is 1. The number of aryl methyl sites for hydroxylation is 2. The van der Waals surface area contributed by atoms with E-state index in [2.05, 4.69) is 10.6 Å². The molecule has 0 radical (unpaired) electrons. The van der Waals surface area contributed by atoms with Crippen molar-refractivity contribution in [2.75, 3.05) is 5.32 Å². The van der Waals surface area contributed by atoms with Crippen LogP contribution in [0.1, 0.15) is 42.1 Å².